The lowest BCUT2D eigenvalue weighted by Crippen LogP contribution is -2.42. The normalized spacial score (nSPS) is 20.1. The molecule has 1 atom stereocenters. The minimum absolute atomic E-state index is 0.00363. The van der Waals surface area contributed by atoms with Crippen LogP contribution in [0.2, 0.25) is 0 Å². The largest absolute Gasteiger partial charge is 0.497 e. The Hall–Kier alpha value is -2.89. The summed E-state index contributed by atoms with van der Waals surface area (Å²) in [6.45, 7) is 0.899. The minimum Gasteiger partial charge on any atom is -0.497 e. The van der Waals surface area contributed by atoms with Crippen LogP contribution in [0.25, 0.3) is 0 Å². The average molecular weight is 382 g/mol. The number of methoxy groups -OCH3 is 1. The maximum Gasteiger partial charge on any atom is 0.230 e. The van der Waals surface area contributed by atoms with Crippen LogP contribution in [0.1, 0.15) is 30.4 Å². The molecule has 2 aromatic carbocycles. The third kappa shape index (κ3) is 3.59. The van der Waals surface area contributed by atoms with Crippen LogP contribution >= 0.6 is 0 Å². The molecule has 0 spiro atoms. The van der Waals surface area contributed by atoms with Crippen molar-refractivity contribution in [2.75, 3.05) is 13.7 Å². The number of benzene rings is 2. The molecule has 2 aliphatic rings. The fourth-order valence-corrected chi connectivity index (χ4v) is 3.84. The Bertz CT molecular complexity index is 876. The number of hydrogen-bond acceptors (Lipinski definition) is 3. The van der Waals surface area contributed by atoms with Crippen molar-refractivity contribution in [2.24, 2.45) is 0 Å². The van der Waals surface area contributed by atoms with Crippen molar-refractivity contribution in [3.05, 3.63) is 65.5 Å². The van der Waals surface area contributed by atoms with Gasteiger partial charge in [-0.05, 0) is 48.2 Å². The summed E-state index contributed by atoms with van der Waals surface area (Å²) in [6.07, 6.45) is 1.92. The third-order valence-electron chi connectivity index (χ3n) is 5.66. The summed E-state index contributed by atoms with van der Waals surface area (Å²) in [6, 6.07) is 13.5. The van der Waals surface area contributed by atoms with Crippen molar-refractivity contribution in [1.82, 2.24) is 10.2 Å². The summed E-state index contributed by atoms with van der Waals surface area (Å²) < 4.78 is 18.2. The van der Waals surface area contributed by atoms with Crippen LogP contribution in [0.4, 0.5) is 4.39 Å². The van der Waals surface area contributed by atoms with Gasteiger partial charge in [-0.3, -0.25) is 9.59 Å². The van der Waals surface area contributed by atoms with Gasteiger partial charge in [0, 0.05) is 19.5 Å². The van der Waals surface area contributed by atoms with Crippen LogP contribution in [-0.4, -0.2) is 36.4 Å². The summed E-state index contributed by atoms with van der Waals surface area (Å²) in [5.41, 5.74) is 1.37. The minimum atomic E-state index is -0.486. The second kappa shape index (κ2) is 7.26. The highest BCUT2D eigenvalue weighted by molar-refractivity contribution is 5.92. The molecule has 5 nitrogen and oxygen atoms in total. The summed E-state index contributed by atoms with van der Waals surface area (Å²) in [7, 11) is 1.61. The van der Waals surface area contributed by atoms with Crippen molar-refractivity contribution >= 4 is 11.8 Å². The molecule has 4 rings (SSSR count). The molecule has 1 saturated heterocycles. The van der Waals surface area contributed by atoms with E-state index in [2.05, 4.69) is 5.32 Å². The first-order valence-corrected chi connectivity index (χ1v) is 9.48. The Kier molecular flexibility index (Phi) is 4.79. The van der Waals surface area contributed by atoms with Crippen molar-refractivity contribution in [1.29, 1.82) is 0 Å². The zero-order chi connectivity index (χ0) is 19.7. The van der Waals surface area contributed by atoms with E-state index < -0.39 is 5.41 Å². The van der Waals surface area contributed by atoms with Gasteiger partial charge in [-0.15, -0.1) is 0 Å². The zero-order valence-corrected chi connectivity index (χ0v) is 15.8. The second-order valence-corrected chi connectivity index (χ2v) is 7.59. The first-order valence-electron chi connectivity index (χ1n) is 9.48. The molecule has 2 aromatic rings. The molecule has 1 heterocycles. The van der Waals surface area contributed by atoms with E-state index in [0.29, 0.717) is 19.5 Å². The first kappa shape index (κ1) is 18.5. The Labute approximate surface area is 163 Å². The van der Waals surface area contributed by atoms with E-state index in [0.717, 1.165) is 29.7 Å². The molecule has 146 valence electrons. The Morgan fingerprint density at radius 1 is 1.18 bits per heavy atom. The molecule has 28 heavy (non-hydrogen) atoms. The number of carbonyl (C=O) groups is 2. The van der Waals surface area contributed by atoms with Crippen molar-refractivity contribution in [3.8, 4) is 5.75 Å². The van der Waals surface area contributed by atoms with E-state index in [1.54, 1.807) is 24.1 Å². The summed E-state index contributed by atoms with van der Waals surface area (Å²) in [4.78, 5) is 27.0. The standard InChI is InChI=1S/C22H23FN2O3/c1-28-19-8-4-16(5-9-19)22(10-11-22)21(27)24-18-12-20(26)25(14-18)13-15-2-6-17(23)7-3-15/h2-9,18H,10-14H2,1H3,(H,24,27). The van der Waals surface area contributed by atoms with Crippen LogP contribution in [0.15, 0.2) is 48.5 Å². The van der Waals surface area contributed by atoms with Gasteiger partial charge < -0.3 is 15.0 Å². The average Bonchev–Trinajstić information content (AvgIpc) is 3.44. The topological polar surface area (TPSA) is 58.6 Å². The molecule has 1 aliphatic carbocycles. The Morgan fingerprint density at radius 2 is 1.86 bits per heavy atom. The van der Waals surface area contributed by atoms with Gasteiger partial charge in [-0.1, -0.05) is 24.3 Å². The van der Waals surface area contributed by atoms with E-state index in [-0.39, 0.29) is 23.7 Å². The van der Waals surface area contributed by atoms with Gasteiger partial charge >= 0.3 is 0 Å². The highest BCUT2D eigenvalue weighted by Gasteiger charge is 2.52. The SMILES string of the molecule is COc1ccc(C2(C(=O)NC3CC(=O)N(Cc4ccc(F)cc4)C3)CC2)cc1. The van der Waals surface area contributed by atoms with E-state index >= 15 is 0 Å². The van der Waals surface area contributed by atoms with E-state index in [1.165, 1.54) is 12.1 Å². The van der Waals surface area contributed by atoms with Gasteiger partial charge in [-0.2, -0.15) is 0 Å². The number of likely N-dealkylation sites (tertiary alicyclic amines) is 1. The van der Waals surface area contributed by atoms with Gasteiger partial charge in [-0.25, -0.2) is 4.39 Å². The number of ether oxygens (including phenoxy) is 1. The number of halogens is 1. The predicted molar refractivity (Wildman–Crippen MR) is 102 cm³/mol. The number of nitrogens with one attached hydrogen (secondary N) is 1. The Balaban J connectivity index is 1.38. The molecule has 2 fully saturated rings. The van der Waals surface area contributed by atoms with Crippen LogP contribution in [0.5, 0.6) is 5.75 Å². The fourth-order valence-electron chi connectivity index (χ4n) is 3.84. The van der Waals surface area contributed by atoms with Crippen LogP contribution < -0.4 is 10.1 Å². The maximum atomic E-state index is 13.0. The molecule has 6 heteroatoms. The lowest BCUT2D eigenvalue weighted by atomic mass is 9.94. The lowest BCUT2D eigenvalue weighted by Gasteiger charge is -2.20. The van der Waals surface area contributed by atoms with Crippen molar-refractivity contribution in [2.45, 2.75) is 37.3 Å². The molecule has 1 unspecified atom stereocenters. The highest BCUT2D eigenvalue weighted by atomic mass is 19.1. The van der Waals surface area contributed by atoms with Crippen LogP contribution in [0, 0.1) is 5.82 Å². The number of carbonyl (C=O) groups excluding carboxylic acids is 2. The molecule has 2 amide bonds. The second-order valence-electron chi connectivity index (χ2n) is 7.59. The monoisotopic (exact) mass is 382 g/mol. The smallest absolute Gasteiger partial charge is 0.230 e. The number of rotatable bonds is 6. The fraction of sp³-hybridized carbons (Fsp3) is 0.364. The molecule has 1 saturated carbocycles. The number of nitrogens with zero attached hydrogens (tertiary/aromatic N) is 1. The zero-order valence-electron chi connectivity index (χ0n) is 15.8. The van der Waals surface area contributed by atoms with Crippen molar-refractivity contribution < 1.29 is 18.7 Å². The van der Waals surface area contributed by atoms with Crippen LogP contribution in [0.3, 0.4) is 0 Å². The van der Waals surface area contributed by atoms with Gasteiger partial charge in [0.25, 0.3) is 0 Å². The molecule has 1 aliphatic heterocycles. The summed E-state index contributed by atoms with van der Waals surface area (Å²) in [5, 5.41) is 3.07. The number of hydrogen-bond donors (Lipinski definition) is 1. The quantitative estimate of drug-likeness (QED) is 0.836. The third-order valence-corrected chi connectivity index (χ3v) is 5.66. The maximum absolute atomic E-state index is 13.0. The highest BCUT2D eigenvalue weighted by Crippen LogP contribution is 2.48. The predicted octanol–water partition coefficient (Wildman–Crippen LogP) is 2.78. The van der Waals surface area contributed by atoms with Gasteiger partial charge in [0.05, 0.1) is 18.6 Å². The van der Waals surface area contributed by atoms with Gasteiger partial charge in [0.2, 0.25) is 11.8 Å². The van der Waals surface area contributed by atoms with E-state index in [1.807, 2.05) is 24.3 Å². The molecule has 0 aromatic heterocycles. The summed E-state index contributed by atoms with van der Waals surface area (Å²) >= 11 is 0. The van der Waals surface area contributed by atoms with Crippen molar-refractivity contribution in [3.63, 3.8) is 0 Å². The molecular formula is C22H23FN2O3. The van der Waals surface area contributed by atoms with E-state index in [9.17, 15) is 14.0 Å². The molecule has 1 N–H and O–H groups in total. The molecular weight excluding hydrogens is 359 g/mol. The lowest BCUT2D eigenvalue weighted by molar-refractivity contribution is -0.128. The summed E-state index contributed by atoms with van der Waals surface area (Å²) in [5.74, 6) is 0.454. The van der Waals surface area contributed by atoms with Gasteiger partial charge in [0.1, 0.15) is 11.6 Å². The molecule has 0 radical (unpaired) electrons. The van der Waals surface area contributed by atoms with Gasteiger partial charge in [0.15, 0.2) is 0 Å². The Morgan fingerprint density at radius 3 is 2.46 bits per heavy atom. The molecule has 0 bridgehead atoms. The first-order chi connectivity index (χ1) is 13.5. The number of amides is 2. The van der Waals surface area contributed by atoms with E-state index in [4.69, 9.17) is 4.74 Å². The van der Waals surface area contributed by atoms with Crippen LogP contribution in [-0.2, 0) is 21.5 Å².